The van der Waals surface area contributed by atoms with Gasteiger partial charge in [0.2, 0.25) is 0 Å². The van der Waals surface area contributed by atoms with Gasteiger partial charge in [0, 0.05) is 23.3 Å². The molecule has 0 aliphatic heterocycles. The number of primary amides is 1. The number of nitrogens with two attached hydrogens (primary N) is 1. The maximum absolute atomic E-state index is 11.5. The summed E-state index contributed by atoms with van der Waals surface area (Å²) in [5.41, 5.74) is 6.68. The molecule has 2 N–H and O–H groups in total. The summed E-state index contributed by atoms with van der Waals surface area (Å²) >= 11 is 3.34. The van der Waals surface area contributed by atoms with Crippen LogP contribution in [0.25, 0.3) is 5.69 Å². The maximum atomic E-state index is 11.5. The fourth-order valence-electron chi connectivity index (χ4n) is 1.88. The third-order valence-electron chi connectivity index (χ3n) is 2.67. The van der Waals surface area contributed by atoms with Gasteiger partial charge < -0.3 is 10.3 Å². The summed E-state index contributed by atoms with van der Waals surface area (Å²) in [7, 11) is 0. The Morgan fingerprint density at radius 1 is 1.50 bits per heavy atom. The lowest BCUT2D eigenvalue weighted by molar-refractivity contribution is 0.1000. The smallest absolute Gasteiger partial charge is 0.250 e. The Labute approximate surface area is 114 Å². The molecule has 1 amide bonds. The minimum atomic E-state index is -0.442. The number of carbonyl (C=O) groups excluding carboxylic acids is 1. The lowest BCUT2D eigenvalue weighted by atomic mass is 10.1. The number of aromatic nitrogens is 2. The molecular weight excluding hydrogens is 294 g/mol. The highest BCUT2D eigenvalue weighted by molar-refractivity contribution is 9.10. The quantitative estimate of drug-likeness (QED) is 0.944. The zero-order valence-electron chi connectivity index (χ0n) is 10.1. The fraction of sp³-hybridized carbons (Fsp3) is 0.231. The van der Waals surface area contributed by atoms with Crippen LogP contribution in [-0.2, 0) is 6.42 Å². The second-order valence-corrected chi connectivity index (χ2v) is 4.90. The molecule has 5 heteroatoms. The van der Waals surface area contributed by atoms with Gasteiger partial charge in [-0.15, -0.1) is 0 Å². The van der Waals surface area contributed by atoms with Crippen LogP contribution in [0.1, 0.15) is 29.5 Å². The number of benzene rings is 1. The van der Waals surface area contributed by atoms with Crippen molar-refractivity contribution in [2.45, 2.75) is 19.8 Å². The molecule has 1 aromatic carbocycles. The Kier molecular flexibility index (Phi) is 3.81. The molecule has 2 rings (SSSR count). The first-order valence-corrected chi connectivity index (χ1v) is 6.54. The average Bonchev–Trinajstić information content (AvgIpc) is 2.77. The summed E-state index contributed by atoms with van der Waals surface area (Å²) < 4.78 is 2.74. The van der Waals surface area contributed by atoms with E-state index in [2.05, 4.69) is 27.8 Å². The number of carbonyl (C=O) groups is 1. The molecule has 1 heterocycles. The Morgan fingerprint density at radius 3 is 2.94 bits per heavy atom. The summed E-state index contributed by atoms with van der Waals surface area (Å²) in [6.45, 7) is 2.09. The molecule has 0 aliphatic rings. The number of halogens is 1. The van der Waals surface area contributed by atoms with Crippen LogP contribution in [0.3, 0.4) is 0 Å². The summed E-state index contributed by atoms with van der Waals surface area (Å²) in [4.78, 5) is 15.8. The van der Waals surface area contributed by atoms with Gasteiger partial charge in [0.1, 0.15) is 5.82 Å². The van der Waals surface area contributed by atoms with Gasteiger partial charge in [0.05, 0.1) is 11.3 Å². The molecule has 0 atom stereocenters. The fourth-order valence-corrected chi connectivity index (χ4v) is 2.24. The van der Waals surface area contributed by atoms with Crippen LogP contribution in [0.15, 0.2) is 35.1 Å². The first-order valence-electron chi connectivity index (χ1n) is 5.75. The first-order chi connectivity index (χ1) is 8.63. The third kappa shape index (κ3) is 2.46. The van der Waals surface area contributed by atoms with Crippen LogP contribution in [0.4, 0.5) is 0 Å². The molecule has 0 fully saturated rings. The monoisotopic (exact) mass is 307 g/mol. The predicted octanol–water partition coefficient (Wildman–Crippen LogP) is 2.69. The molecule has 0 bridgehead atoms. The van der Waals surface area contributed by atoms with Gasteiger partial charge >= 0.3 is 0 Å². The average molecular weight is 308 g/mol. The van der Waals surface area contributed by atoms with Crippen molar-refractivity contribution in [2.24, 2.45) is 5.73 Å². The van der Waals surface area contributed by atoms with E-state index in [0.29, 0.717) is 5.56 Å². The summed E-state index contributed by atoms with van der Waals surface area (Å²) in [6, 6.07) is 5.48. The van der Waals surface area contributed by atoms with Gasteiger partial charge in [-0.2, -0.15) is 0 Å². The van der Waals surface area contributed by atoms with Gasteiger partial charge in [0.25, 0.3) is 5.91 Å². The number of hydrogen-bond acceptors (Lipinski definition) is 2. The van der Waals surface area contributed by atoms with E-state index in [1.54, 1.807) is 12.3 Å². The molecule has 0 aliphatic carbocycles. The standard InChI is InChI=1S/C13H14BrN3O/c1-2-3-12-16-6-7-17(12)11-5-4-9(14)8-10(11)13(15)18/h4-8H,2-3H2,1H3,(H2,15,18). The van der Waals surface area contributed by atoms with Crippen LogP contribution >= 0.6 is 15.9 Å². The van der Waals surface area contributed by atoms with Crippen LogP contribution < -0.4 is 5.73 Å². The largest absolute Gasteiger partial charge is 0.366 e. The Hall–Kier alpha value is -1.62. The molecule has 94 valence electrons. The highest BCUT2D eigenvalue weighted by Crippen LogP contribution is 2.21. The Morgan fingerprint density at radius 2 is 2.28 bits per heavy atom. The molecule has 1 aromatic heterocycles. The lowest BCUT2D eigenvalue weighted by Crippen LogP contribution is -2.15. The van der Waals surface area contributed by atoms with Crippen molar-refractivity contribution in [1.29, 1.82) is 0 Å². The van der Waals surface area contributed by atoms with Crippen LogP contribution in [0.5, 0.6) is 0 Å². The molecule has 0 radical (unpaired) electrons. The van der Waals surface area contributed by atoms with Crippen LogP contribution in [0.2, 0.25) is 0 Å². The van der Waals surface area contributed by atoms with Gasteiger partial charge in [0.15, 0.2) is 0 Å². The van der Waals surface area contributed by atoms with Crippen LogP contribution in [-0.4, -0.2) is 15.5 Å². The number of imidazole rings is 1. The lowest BCUT2D eigenvalue weighted by Gasteiger charge is -2.11. The number of aryl methyl sites for hydroxylation is 1. The zero-order chi connectivity index (χ0) is 13.1. The van der Waals surface area contributed by atoms with E-state index in [1.165, 1.54) is 0 Å². The molecule has 2 aromatic rings. The second kappa shape index (κ2) is 5.35. The maximum Gasteiger partial charge on any atom is 0.250 e. The van der Waals surface area contributed by atoms with Crippen LogP contribution in [0, 0.1) is 0 Å². The number of amides is 1. The first kappa shape index (κ1) is 12.8. The van der Waals surface area contributed by atoms with Gasteiger partial charge in [-0.3, -0.25) is 4.79 Å². The SMILES string of the molecule is CCCc1nccn1-c1ccc(Br)cc1C(N)=O. The van der Waals surface area contributed by atoms with E-state index in [0.717, 1.165) is 28.8 Å². The molecule has 0 spiro atoms. The zero-order valence-corrected chi connectivity index (χ0v) is 11.6. The van der Waals surface area contributed by atoms with Crippen molar-refractivity contribution in [1.82, 2.24) is 9.55 Å². The van der Waals surface area contributed by atoms with Crippen molar-refractivity contribution in [3.8, 4) is 5.69 Å². The summed E-state index contributed by atoms with van der Waals surface area (Å²) in [5, 5.41) is 0. The number of nitrogens with zero attached hydrogens (tertiary/aromatic N) is 2. The van der Waals surface area contributed by atoms with Crippen molar-refractivity contribution in [3.05, 3.63) is 46.5 Å². The Bertz CT molecular complexity index is 577. The van der Waals surface area contributed by atoms with E-state index in [4.69, 9.17) is 5.73 Å². The topological polar surface area (TPSA) is 60.9 Å². The number of rotatable bonds is 4. The van der Waals surface area contributed by atoms with Crippen molar-refractivity contribution < 1.29 is 4.79 Å². The van der Waals surface area contributed by atoms with E-state index in [9.17, 15) is 4.79 Å². The van der Waals surface area contributed by atoms with Gasteiger partial charge in [-0.1, -0.05) is 22.9 Å². The van der Waals surface area contributed by atoms with Gasteiger partial charge in [-0.05, 0) is 24.6 Å². The summed E-state index contributed by atoms with van der Waals surface area (Å²) in [5.74, 6) is 0.491. The molecule has 0 unspecified atom stereocenters. The van der Waals surface area contributed by atoms with Gasteiger partial charge in [-0.25, -0.2) is 4.98 Å². The van der Waals surface area contributed by atoms with Crippen molar-refractivity contribution in [2.75, 3.05) is 0 Å². The predicted molar refractivity (Wildman–Crippen MR) is 73.8 cm³/mol. The number of hydrogen-bond donors (Lipinski definition) is 1. The van der Waals surface area contributed by atoms with E-state index in [-0.39, 0.29) is 0 Å². The molecule has 0 saturated carbocycles. The minimum Gasteiger partial charge on any atom is -0.366 e. The molecule has 0 saturated heterocycles. The highest BCUT2D eigenvalue weighted by atomic mass is 79.9. The third-order valence-corrected chi connectivity index (χ3v) is 3.17. The minimum absolute atomic E-state index is 0.442. The molecule has 4 nitrogen and oxygen atoms in total. The van der Waals surface area contributed by atoms with E-state index >= 15 is 0 Å². The van der Waals surface area contributed by atoms with E-state index in [1.807, 2.05) is 22.9 Å². The second-order valence-electron chi connectivity index (χ2n) is 3.99. The molecule has 18 heavy (non-hydrogen) atoms. The molecular formula is C13H14BrN3O. The normalized spacial score (nSPS) is 10.6. The highest BCUT2D eigenvalue weighted by Gasteiger charge is 2.13. The summed E-state index contributed by atoms with van der Waals surface area (Å²) in [6.07, 6.45) is 5.44. The van der Waals surface area contributed by atoms with Crippen molar-refractivity contribution in [3.63, 3.8) is 0 Å². The van der Waals surface area contributed by atoms with E-state index < -0.39 is 5.91 Å². The van der Waals surface area contributed by atoms with Crippen molar-refractivity contribution >= 4 is 21.8 Å². The Balaban J connectivity index is 2.56.